The third-order valence-corrected chi connectivity index (χ3v) is 3.94. The van der Waals surface area contributed by atoms with E-state index >= 15 is 0 Å². The third kappa shape index (κ3) is 2.60. The molecule has 0 spiro atoms. The van der Waals surface area contributed by atoms with Crippen molar-refractivity contribution in [2.45, 2.75) is 27.7 Å². The van der Waals surface area contributed by atoms with Gasteiger partial charge in [-0.05, 0) is 57.5 Å². The van der Waals surface area contributed by atoms with Crippen LogP contribution in [-0.4, -0.2) is 28.2 Å². The van der Waals surface area contributed by atoms with E-state index in [1.807, 2.05) is 39.0 Å². The summed E-state index contributed by atoms with van der Waals surface area (Å²) in [4.78, 5) is 29.0. The standard InChI is InChI=1S/C18H19N3O3/c1-5-24-18(23)21-12(4)8-10(2)15(21)9-13-16-14(20-17(13)22)7-6-11(3)19-16/h6-9H,5H2,1-4H3,(H,20,22). The minimum atomic E-state index is -0.453. The molecule has 0 bridgehead atoms. The molecule has 0 aromatic carbocycles. The first kappa shape index (κ1) is 16.0. The summed E-state index contributed by atoms with van der Waals surface area (Å²) in [5.74, 6) is -0.225. The number of nitrogens with zero attached hydrogens (tertiary/aromatic N) is 2. The van der Waals surface area contributed by atoms with Crippen LogP contribution in [0.1, 0.15) is 35.3 Å². The molecule has 1 aliphatic heterocycles. The molecule has 124 valence electrons. The number of hydrogen-bond acceptors (Lipinski definition) is 4. The van der Waals surface area contributed by atoms with Gasteiger partial charge in [0.1, 0.15) is 0 Å². The third-order valence-electron chi connectivity index (χ3n) is 3.94. The lowest BCUT2D eigenvalue weighted by molar-refractivity contribution is -0.110. The molecule has 3 rings (SSSR count). The predicted molar refractivity (Wildman–Crippen MR) is 91.8 cm³/mol. The second-order valence-corrected chi connectivity index (χ2v) is 5.75. The van der Waals surface area contributed by atoms with E-state index in [9.17, 15) is 9.59 Å². The highest BCUT2D eigenvalue weighted by Gasteiger charge is 2.27. The van der Waals surface area contributed by atoms with Crippen LogP contribution in [0.2, 0.25) is 0 Å². The summed E-state index contributed by atoms with van der Waals surface area (Å²) >= 11 is 0. The molecule has 3 heterocycles. The van der Waals surface area contributed by atoms with Gasteiger partial charge in [-0.15, -0.1) is 0 Å². The maximum absolute atomic E-state index is 12.3. The molecule has 1 aliphatic rings. The van der Waals surface area contributed by atoms with Crippen LogP contribution >= 0.6 is 0 Å². The monoisotopic (exact) mass is 325 g/mol. The minimum absolute atomic E-state index is 0.225. The van der Waals surface area contributed by atoms with E-state index in [1.54, 1.807) is 13.0 Å². The second kappa shape index (κ2) is 5.96. The van der Waals surface area contributed by atoms with Crippen molar-refractivity contribution in [2.75, 3.05) is 11.9 Å². The lowest BCUT2D eigenvalue weighted by atomic mass is 10.1. The largest absolute Gasteiger partial charge is 0.449 e. The van der Waals surface area contributed by atoms with Crippen molar-refractivity contribution < 1.29 is 14.3 Å². The van der Waals surface area contributed by atoms with Crippen molar-refractivity contribution in [1.82, 2.24) is 9.55 Å². The number of carbonyl (C=O) groups is 2. The molecule has 6 nitrogen and oxygen atoms in total. The molecule has 0 saturated carbocycles. The first-order valence-electron chi connectivity index (χ1n) is 7.79. The molecular weight excluding hydrogens is 306 g/mol. The van der Waals surface area contributed by atoms with Crippen LogP contribution in [0.3, 0.4) is 0 Å². The smallest absolute Gasteiger partial charge is 0.418 e. The van der Waals surface area contributed by atoms with E-state index in [-0.39, 0.29) is 12.5 Å². The second-order valence-electron chi connectivity index (χ2n) is 5.75. The molecular formula is C18H19N3O3. The Morgan fingerprint density at radius 3 is 2.79 bits per heavy atom. The van der Waals surface area contributed by atoms with Gasteiger partial charge in [0.25, 0.3) is 5.91 Å². The van der Waals surface area contributed by atoms with E-state index < -0.39 is 6.09 Å². The summed E-state index contributed by atoms with van der Waals surface area (Å²) in [5.41, 5.74) is 4.84. The lowest BCUT2D eigenvalue weighted by Gasteiger charge is -2.09. The van der Waals surface area contributed by atoms with E-state index in [0.29, 0.717) is 22.6 Å². The summed E-state index contributed by atoms with van der Waals surface area (Å²) in [6, 6.07) is 5.57. The minimum Gasteiger partial charge on any atom is -0.449 e. The van der Waals surface area contributed by atoms with Crippen molar-refractivity contribution >= 4 is 29.3 Å². The number of nitrogens with one attached hydrogen (secondary N) is 1. The summed E-state index contributed by atoms with van der Waals surface area (Å²) < 4.78 is 6.60. The van der Waals surface area contributed by atoms with Gasteiger partial charge >= 0.3 is 6.09 Å². The first-order valence-corrected chi connectivity index (χ1v) is 7.79. The average Bonchev–Trinajstić information content (AvgIpc) is 2.97. The van der Waals surface area contributed by atoms with Crippen molar-refractivity contribution in [3.05, 3.63) is 46.5 Å². The highest BCUT2D eigenvalue weighted by molar-refractivity contribution is 6.34. The highest BCUT2D eigenvalue weighted by Crippen LogP contribution is 2.32. The number of amides is 1. The molecule has 0 atom stereocenters. The average molecular weight is 325 g/mol. The Bertz CT molecular complexity index is 878. The number of fused-ring (bicyclic) bond motifs is 1. The van der Waals surface area contributed by atoms with Gasteiger partial charge in [-0.1, -0.05) is 0 Å². The Balaban J connectivity index is 2.15. The molecule has 2 aromatic heterocycles. The molecule has 0 radical (unpaired) electrons. The fourth-order valence-electron chi connectivity index (χ4n) is 2.86. The summed E-state index contributed by atoms with van der Waals surface area (Å²) in [6.07, 6.45) is 1.25. The topological polar surface area (TPSA) is 73.2 Å². The zero-order valence-electron chi connectivity index (χ0n) is 14.1. The van der Waals surface area contributed by atoms with Crippen molar-refractivity contribution in [3.8, 4) is 0 Å². The fourth-order valence-corrected chi connectivity index (χ4v) is 2.86. The molecule has 24 heavy (non-hydrogen) atoms. The van der Waals surface area contributed by atoms with Crippen molar-refractivity contribution in [1.29, 1.82) is 0 Å². The van der Waals surface area contributed by atoms with Crippen LogP contribution < -0.4 is 5.32 Å². The molecule has 2 aromatic rings. The number of ether oxygens (including phenoxy) is 1. The zero-order valence-corrected chi connectivity index (χ0v) is 14.1. The van der Waals surface area contributed by atoms with E-state index in [2.05, 4.69) is 10.3 Å². The molecule has 6 heteroatoms. The Morgan fingerprint density at radius 1 is 1.33 bits per heavy atom. The molecule has 0 aliphatic carbocycles. The Morgan fingerprint density at radius 2 is 2.08 bits per heavy atom. The summed E-state index contributed by atoms with van der Waals surface area (Å²) in [5, 5.41) is 2.80. The van der Waals surface area contributed by atoms with Gasteiger partial charge in [-0.25, -0.2) is 4.79 Å². The van der Waals surface area contributed by atoms with Crippen LogP contribution in [0, 0.1) is 20.8 Å². The SMILES string of the molecule is CCOC(=O)n1c(C)cc(C)c1C=C1C(=O)Nc2ccc(C)nc21. The first-order chi connectivity index (χ1) is 11.4. The lowest BCUT2D eigenvalue weighted by Crippen LogP contribution is -2.16. The van der Waals surface area contributed by atoms with Crippen LogP contribution in [0.25, 0.3) is 11.6 Å². The van der Waals surface area contributed by atoms with Gasteiger partial charge < -0.3 is 10.1 Å². The molecule has 1 N–H and O–H groups in total. The number of hydrogen-bond donors (Lipinski definition) is 1. The fraction of sp³-hybridized carbons (Fsp3) is 0.278. The quantitative estimate of drug-likeness (QED) is 0.860. The number of anilines is 1. The summed E-state index contributed by atoms with van der Waals surface area (Å²) in [7, 11) is 0. The van der Waals surface area contributed by atoms with E-state index in [0.717, 1.165) is 17.0 Å². The Labute approximate surface area is 140 Å². The van der Waals surface area contributed by atoms with Crippen LogP contribution in [0.15, 0.2) is 18.2 Å². The molecule has 0 fully saturated rings. The zero-order chi connectivity index (χ0) is 17.4. The molecule has 1 amide bonds. The number of aromatic nitrogens is 2. The van der Waals surface area contributed by atoms with Crippen LogP contribution in [0.5, 0.6) is 0 Å². The Hall–Kier alpha value is -2.89. The van der Waals surface area contributed by atoms with Gasteiger partial charge in [0.15, 0.2) is 0 Å². The van der Waals surface area contributed by atoms with Gasteiger partial charge in [0.05, 0.1) is 29.3 Å². The maximum atomic E-state index is 12.3. The molecule has 0 saturated heterocycles. The van der Waals surface area contributed by atoms with Gasteiger partial charge in [0.2, 0.25) is 0 Å². The normalized spacial score (nSPS) is 14.7. The van der Waals surface area contributed by atoms with Crippen LogP contribution in [0.4, 0.5) is 10.5 Å². The van der Waals surface area contributed by atoms with Gasteiger partial charge in [-0.2, -0.15) is 0 Å². The highest BCUT2D eigenvalue weighted by atomic mass is 16.5. The van der Waals surface area contributed by atoms with Gasteiger partial charge in [0, 0.05) is 11.4 Å². The van der Waals surface area contributed by atoms with E-state index in [4.69, 9.17) is 4.74 Å². The Kier molecular flexibility index (Phi) is 3.97. The number of pyridine rings is 1. The van der Waals surface area contributed by atoms with Crippen LogP contribution in [-0.2, 0) is 9.53 Å². The number of rotatable bonds is 2. The van der Waals surface area contributed by atoms with E-state index in [1.165, 1.54) is 4.57 Å². The summed E-state index contributed by atoms with van der Waals surface area (Å²) in [6.45, 7) is 7.64. The van der Waals surface area contributed by atoms with Gasteiger partial charge in [-0.3, -0.25) is 14.3 Å². The molecule has 0 unspecified atom stereocenters. The number of aryl methyl sites for hydroxylation is 3. The van der Waals surface area contributed by atoms with Crippen molar-refractivity contribution in [2.24, 2.45) is 0 Å². The predicted octanol–water partition coefficient (Wildman–Crippen LogP) is 3.31. The van der Waals surface area contributed by atoms with Crippen molar-refractivity contribution in [3.63, 3.8) is 0 Å². The number of carbonyl (C=O) groups excluding carboxylic acids is 2. The maximum Gasteiger partial charge on any atom is 0.418 e.